The molecule has 0 spiro atoms. The average Bonchev–Trinajstić information content (AvgIpc) is 2.99. The average molecular weight is 190 g/mol. The number of nitrogens with zero attached hydrogens (tertiary/aromatic N) is 1. The van der Waals surface area contributed by atoms with Gasteiger partial charge in [0.2, 0.25) is 0 Å². The zero-order chi connectivity index (χ0) is 10.1. The summed E-state index contributed by atoms with van der Waals surface area (Å²) in [4.78, 5) is 2.39. The van der Waals surface area contributed by atoms with Gasteiger partial charge < -0.3 is 10.6 Å². The number of hydrogen-bond acceptors (Lipinski definition) is 2. The van der Waals surface area contributed by atoms with Crippen LogP contribution in [-0.2, 0) is 6.54 Å². The van der Waals surface area contributed by atoms with Crippen LogP contribution in [0.2, 0.25) is 0 Å². The van der Waals surface area contributed by atoms with Gasteiger partial charge in [0, 0.05) is 25.3 Å². The van der Waals surface area contributed by atoms with Crippen LogP contribution in [0.15, 0.2) is 18.2 Å². The Bertz CT molecular complexity index is 329. The second-order valence-electron chi connectivity index (χ2n) is 4.13. The van der Waals surface area contributed by atoms with Crippen LogP contribution >= 0.6 is 0 Å². The normalized spacial score (nSPS) is 15.6. The van der Waals surface area contributed by atoms with E-state index in [1.165, 1.54) is 29.7 Å². The van der Waals surface area contributed by atoms with Crippen LogP contribution in [-0.4, -0.2) is 13.1 Å². The molecule has 14 heavy (non-hydrogen) atoms. The molecule has 1 aliphatic carbocycles. The van der Waals surface area contributed by atoms with Gasteiger partial charge in [-0.3, -0.25) is 0 Å². The number of rotatable bonds is 3. The summed E-state index contributed by atoms with van der Waals surface area (Å²) in [6, 6.07) is 7.12. The quantitative estimate of drug-likeness (QED) is 0.790. The fraction of sp³-hybridized carbons (Fsp3) is 0.500. The van der Waals surface area contributed by atoms with Gasteiger partial charge in [-0.2, -0.15) is 0 Å². The van der Waals surface area contributed by atoms with E-state index in [0.29, 0.717) is 6.54 Å². The van der Waals surface area contributed by atoms with Gasteiger partial charge in [-0.25, -0.2) is 0 Å². The summed E-state index contributed by atoms with van der Waals surface area (Å²) in [5.74, 6) is 0. The lowest BCUT2D eigenvalue weighted by atomic mass is 10.1. The highest BCUT2D eigenvalue weighted by Gasteiger charge is 2.28. The third-order valence-electron chi connectivity index (χ3n) is 2.99. The van der Waals surface area contributed by atoms with Gasteiger partial charge in [-0.15, -0.1) is 0 Å². The molecular formula is C12H18N2. The minimum atomic E-state index is 0.633. The highest BCUT2D eigenvalue weighted by molar-refractivity contribution is 5.60. The maximum Gasteiger partial charge on any atom is 0.0441 e. The molecule has 0 radical (unpaired) electrons. The first kappa shape index (κ1) is 9.53. The second kappa shape index (κ2) is 3.62. The number of nitrogens with two attached hydrogens (primary N) is 1. The van der Waals surface area contributed by atoms with Crippen molar-refractivity contribution < 1.29 is 0 Å². The molecule has 0 amide bonds. The second-order valence-corrected chi connectivity index (χ2v) is 4.13. The van der Waals surface area contributed by atoms with Crippen LogP contribution < -0.4 is 10.6 Å². The lowest BCUT2D eigenvalue weighted by molar-refractivity contribution is 0.892. The fourth-order valence-electron chi connectivity index (χ4n) is 2.03. The maximum absolute atomic E-state index is 5.75. The van der Waals surface area contributed by atoms with Crippen LogP contribution in [0.5, 0.6) is 0 Å². The Morgan fingerprint density at radius 3 is 2.71 bits per heavy atom. The minimum absolute atomic E-state index is 0.633. The van der Waals surface area contributed by atoms with E-state index < -0.39 is 0 Å². The van der Waals surface area contributed by atoms with Gasteiger partial charge in [-0.1, -0.05) is 18.2 Å². The smallest absolute Gasteiger partial charge is 0.0441 e. The predicted octanol–water partition coefficient (Wildman–Crippen LogP) is 2.05. The van der Waals surface area contributed by atoms with E-state index in [1.54, 1.807) is 0 Å². The van der Waals surface area contributed by atoms with Gasteiger partial charge in [0.15, 0.2) is 0 Å². The molecule has 1 aromatic rings. The van der Waals surface area contributed by atoms with E-state index >= 15 is 0 Å². The van der Waals surface area contributed by atoms with Crippen molar-refractivity contribution in [3.63, 3.8) is 0 Å². The molecule has 0 heterocycles. The molecule has 0 bridgehead atoms. The van der Waals surface area contributed by atoms with E-state index in [4.69, 9.17) is 5.73 Å². The Hall–Kier alpha value is -1.02. The summed E-state index contributed by atoms with van der Waals surface area (Å²) < 4.78 is 0. The van der Waals surface area contributed by atoms with Crippen molar-refractivity contribution in [2.75, 3.05) is 11.9 Å². The lowest BCUT2D eigenvalue weighted by Crippen LogP contribution is -2.22. The van der Waals surface area contributed by atoms with Crippen LogP contribution in [0.1, 0.15) is 24.0 Å². The molecule has 76 valence electrons. The molecule has 0 atom stereocenters. The first-order valence-corrected chi connectivity index (χ1v) is 5.25. The van der Waals surface area contributed by atoms with E-state index in [0.717, 1.165) is 6.04 Å². The highest BCUT2D eigenvalue weighted by Crippen LogP contribution is 2.33. The standard InChI is InChI=1S/C12H18N2/c1-9-4-3-5-10(8-13)12(9)14(2)11-6-7-11/h3-5,11H,6-8,13H2,1-2H3. The van der Waals surface area contributed by atoms with Gasteiger partial charge >= 0.3 is 0 Å². The molecular weight excluding hydrogens is 172 g/mol. The highest BCUT2D eigenvalue weighted by atomic mass is 15.2. The molecule has 1 aromatic carbocycles. The van der Waals surface area contributed by atoms with Crippen LogP contribution in [0.25, 0.3) is 0 Å². The summed E-state index contributed by atoms with van der Waals surface area (Å²) >= 11 is 0. The molecule has 2 nitrogen and oxygen atoms in total. The molecule has 0 saturated heterocycles. The Kier molecular flexibility index (Phi) is 2.46. The van der Waals surface area contributed by atoms with Crippen molar-refractivity contribution in [1.29, 1.82) is 0 Å². The molecule has 0 aliphatic heterocycles. The Morgan fingerprint density at radius 1 is 1.43 bits per heavy atom. The van der Waals surface area contributed by atoms with Crippen molar-refractivity contribution in [3.05, 3.63) is 29.3 Å². The zero-order valence-electron chi connectivity index (χ0n) is 8.96. The van der Waals surface area contributed by atoms with Gasteiger partial charge in [0.1, 0.15) is 0 Å². The molecule has 0 aromatic heterocycles. The van der Waals surface area contributed by atoms with Gasteiger partial charge in [-0.05, 0) is 30.9 Å². The summed E-state index contributed by atoms with van der Waals surface area (Å²) in [6.07, 6.45) is 2.66. The molecule has 1 aliphatic rings. The monoisotopic (exact) mass is 190 g/mol. The van der Waals surface area contributed by atoms with Crippen LogP contribution in [0.4, 0.5) is 5.69 Å². The fourth-order valence-corrected chi connectivity index (χ4v) is 2.03. The van der Waals surface area contributed by atoms with Crippen molar-refractivity contribution in [3.8, 4) is 0 Å². The Balaban J connectivity index is 2.37. The van der Waals surface area contributed by atoms with Crippen LogP contribution in [0.3, 0.4) is 0 Å². The van der Waals surface area contributed by atoms with Crippen LogP contribution in [0, 0.1) is 6.92 Å². The summed E-state index contributed by atoms with van der Waals surface area (Å²) in [7, 11) is 2.18. The van der Waals surface area contributed by atoms with Gasteiger partial charge in [0.25, 0.3) is 0 Å². The number of benzene rings is 1. The number of para-hydroxylation sites is 1. The lowest BCUT2D eigenvalue weighted by Gasteiger charge is -2.24. The summed E-state index contributed by atoms with van der Waals surface area (Å²) in [5, 5.41) is 0. The number of hydrogen-bond donors (Lipinski definition) is 1. The topological polar surface area (TPSA) is 29.3 Å². The Labute approximate surface area is 85.7 Å². The third kappa shape index (κ3) is 1.62. The minimum Gasteiger partial charge on any atom is -0.371 e. The SMILES string of the molecule is Cc1cccc(CN)c1N(C)C1CC1. The molecule has 1 fully saturated rings. The summed E-state index contributed by atoms with van der Waals surface area (Å²) in [5.41, 5.74) is 9.69. The van der Waals surface area contributed by atoms with Crippen molar-refractivity contribution in [2.24, 2.45) is 5.73 Å². The number of anilines is 1. The van der Waals surface area contributed by atoms with Crippen molar-refractivity contribution in [2.45, 2.75) is 32.4 Å². The van der Waals surface area contributed by atoms with Crippen molar-refractivity contribution in [1.82, 2.24) is 0 Å². The molecule has 2 rings (SSSR count). The van der Waals surface area contributed by atoms with E-state index in [-0.39, 0.29) is 0 Å². The maximum atomic E-state index is 5.75. The molecule has 0 unspecified atom stereocenters. The largest absolute Gasteiger partial charge is 0.371 e. The summed E-state index contributed by atoms with van der Waals surface area (Å²) in [6.45, 7) is 2.79. The number of aryl methyl sites for hydroxylation is 1. The van der Waals surface area contributed by atoms with E-state index in [2.05, 4.69) is 37.1 Å². The van der Waals surface area contributed by atoms with Gasteiger partial charge in [0.05, 0.1) is 0 Å². The first-order chi connectivity index (χ1) is 6.74. The molecule has 1 saturated carbocycles. The Morgan fingerprint density at radius 2 is 2.14 bits per heavy atom. The molecule has 2 heteroatoms. The van der Waals surface area contributed by atoms with Crippen molar-refractivity contribution >= 4 is 5.69 Å². The molecule has 2 N–H and O–H groups in total. The van der Waals surface area contributed by atoms with E-state index in [1.807, 2.05) is 0 Å². The zero-order valence-corrected chi connectivity index (χ0v) is 8.96. The first-order valence-electron chi connectivity index (χ1n) is 5.25. The third-order valence-corrected chi connectivity index (χ3v) is 2.99. The van der Waals surface area contributed by atoms with E-state index in [9.17, 15) is 0 Å². The predicted molar refractivity (Wildman–Crippen MR) is 60.5 cm³/mol.